The van der Waals surface area contributed by atoms with E-state index in [2.05, 4.69) is 20.9 Å². The number of rotatable bonds is 0. The van der Waals surface area contributed by atoms with Gasteiger partial charge in [-0.15, -0.1) is 0 Å². The molecule has 0 aliphatic rings. The maximum atomic E-state index is 6.34. The van der Waals surface area contributed by atoms with Crippen LogP contribution in [0.15, 0.2) is 16.6 Å². The molecule has 0 atom stereocenters. The summed E-state index contributed by atoms with van der Waals surface area (Å²) in [6, 6.07) is 4.06. The molecule has 0 saturated heterocycles. The molecule has 0 spiro atoms. The fraction of sp³-hybridized carbons (Fsp3) is 0.250. The SMILES string of the molecule is Cc1nc2c(C)ccc(Br)c2c(Cl)c1C. The van der Waals surface area contributed by atoms with Crippen LogP contribution in [0.5, 0.6) is 0 Å². The third-order valence-corrected chi connectivity index (χ3v) is 3.83. The maximum Gasteiger partial charge on any atom is 0.0760 e. The summed E-state index contributed by atoms with van der Waals surface area (Å²) in [5.74, 6) is 0. The lowest BCUT2D eigenvalue weighted by Crippen LogP contribution is -1.93. The van der Waals surface area contributed by atoms with Crippen LogP contribution in [0.1, 0.15) is 16.8 Å². The van der Waals surface area contributed by atoms with Gasteiger partial charge in [0.1, 0.15) is 0 Å². The molecule has 0 saturated carbocycles. The molecular weight excluding hydrogens is 273 g/mol. The molecule has 0 bridgehead atoms. The third kappa shape index (κ3) is 1.66. The molecule has 3 heteroatoms. The zero-order valence-corrected chi connectivity index (χ0v) is 11.2. The van der Waals surface area contributed by atoms with Crippen molar-refractivity contribution in [2.75, 3.05) is 0 Å². The Morgan fingerprint density at radius 1 is 1.20 bits per heavy atom. The van der Waals surface area contributed by atoms with Crippen LogP contribution in [0.25, 0.3) is 10.9 Å². The maximum absolute atomic E-state index is 6.34. The van der Waals surface area contributed by atoms with E-state index in [1.54, 1.807) is 0 Å². The van der Waals surface area contributed by atoms with E-state index in [-0.39, 0.29) is 0 Å². The number of halogens is 2. The number of pyridine rings is 1. The normalized spacial score (nSPS) is 11.0. The van der Waals surface area contributed by atoms with Gasteiger partial charge in [-0.25, -0.2) is 0 Å². The standard InChI is InChI=1S/C12H11BrClN/c1-6-4-5-9(13)10-11(14)7(2)8(3)15-12(6)10/h4-5H,1-3H3. The van der Waals surface area contributed by atoms with E-state index in [9.17, 15) is 0 Å². The summed E-state index contributed by atoms with van der Waals surface area (Å²) >= 11 is 9.85. The van der Waals surface area contributed by atoms with E-state index in [0.29, 0.717) is 0 Å². The minimum absolute atomic E-state index is 0.799. The second-order valence-corrected chi connectivity index (χ2v) is 4.96. The molecule has 0 aliphatic heterocycles. The molecule has 0 amide bonds. The zero-order valence-electron chi connectivity index (χ0n) is 8.86. The number of hydrogen-bond acceptors (Lipinski definition) is 1. The molecule has 15 heavy (non-hydrogen) atoms. The van der Waals surface area contributed by atoms with Crippen molar-refractivity contribution in [3.05, 3.63) is 38.4 Å². The zero-order chi connectivity index (χ0) is 11.2. The third-order valence-electron chi connectivity index (χ3n) is 2.70. The topological polar surface area (TPSA) is 12.9 Å². The lowest BCUT2D eigenvalue weighted by Gasteiger charge is -2.10. The highest BCUT2D eigenvalue weighted by atomic mass is 79.9. The largest absolute Gasteiger partial charge is 0.252 e. The number of aromatic nitrogens is 1. The molecule has 78 valence electrons. The highest BCUT2D eigenvalue weighted by molar-refractivity contribution is 9.10. The molecule has 1 heterocycles. The van der Waals surface area contributed by atoms with Gasteiger partial charge in [-0.3, -0.25) is 4.98 Å². The Morgan fingerprint density at radius 2 is 1.87 bits per heavy atom. The number of hydrogen-bond donors (Lipinski definition) is 0. The van der Waals surface area contributed by atoms with E-state index in [0.717, 1.165) is 37.2 Å². The predicted molar refractivity (Wildman–Crippen MR) is 68.7 cm³/mol. The van der Waals surface area contributed by atoms with E-state index in [1.165, 1.54) is 0 Å². The molecule has 0 N–H and O–H groups in total. The molecule has 0 fully saturated rings. The summed E-state index contributed by atoms with van der Waals surface area (Å²) < 4.78 is 1.00. The Hall–Kier alpha value is -0.600. The van der Waals surface area contributed by atoms with Gasteiger partial charge in [-0.1, -0.05) is 33.6 Å². The summed E-state index contributed by atoms with van der Waals surface area (Å²) in [7, 11) is 0. The molecule has 2 rings (SSSR count). The summed E-state index contributed by atoms with van der Waals surface area (Å²) in [6.45, 7) is 6.03. The minimum Gasteiger partial charge on any atom is -0.252 e. The lowest BCUT2D eigenvalue weighted by molar-refractivity contribution is 1.19. The van der Waals surface area contributed by atoms with Crippen molar-refractivity contribution in [1.82, 2.24) is 4.98 Å². The first-order chi connectivity index (χ1) is 7.02. The smallest absolute Gasteiger partial charge is 0.0760 e. The van der Waals surface area contributed by atoms with Crippen molar-refractivity contribution < 1.29 is 0 Å². The molecule has 0 radical (unpaired) electrons. The Balaban J connectivity index is 3.04. The average molecular weight is 285 g/mol. The molecule has 1 aromatic carbocycles. The molecule has 1 nitrogen and oxygen atoms in total. The second-order valence-electron chi connectivity index (χ2n) is 3.72. The van der Waals surface area contributed by atoms with Gasteiger partial charge in [0, 0.05) is 15.6 Å². The second kappa shape index (κ2) is 3.76. The Kier molecular flexibility index (Phi) is 2.73. The monoisotopic (exact) mass is 283 g/mol. The van der Waals surface area contributed by atoms with Gasteiger partial charge in [-0.05, 0) is 38.0 Å². The van der Waals surface area contributed by atoms with Crippen LogP contribution in [0.3, 0.4) is 0 Å². The van der Waals surface area contributed by atoms with Crippen LogP contribution < -0.4 is 0 Å². The first-order valence-corrected chi connectivity index (χ1v) is 5.91. The minimum atomic E-state index is 0.799. The number of fused-ring (bicyclic) bond motifs is 1. The van der Waals surface area contributed by atoms with Crippen LogP contribution in [-0.2, 0) is 0 Å². The van der Waals surface area contributed by atoms with Crippen LogP contribution in [-0.4, -0.2) is 4.98 Å². The predicted octanol–water partition coefficient (Wildman–Crippen LogP) is 4.58. The first-order valence-electron chi connectivity index (χ1n) is 4.74. The Morgan fingerprint density at radius 3 is 2.53 bits per heavy atom. The van der Waals surface area contributed by atoms with Crippen molar-refractivity contribution in [2.24, 2.45) is 0 Å². The first kappa shape index (κ1) is 10.9. The van der Waals surface area contributed by atoms with Crippen molar-refractivity contribution in [3.63, 3.8) is 0 Å². The van der Waals surface area contributed by atoms with Gasteiger partial charge in [0.2, 0.25) is 0 Å². The van der Waals surface area contributed by atoms with Gasteiger partial charge < -0.3 is 0 Å². The summed E-state index contributed by atoms with van der Waals surface area (Å²) in [4.78, 5) is 4.58. The van der Waals surface area contributed by atoms with E-state index >= 15 is 0 Å². The van der Waals surface area contributed by atoms with Gasteiger partial charge in [0.15, 0.2) is 0 Å². The lowest BCUT2D eigenvalue weighted by atomic mass is 10.1. The van der Waals surface area contributed by atoms with Gasteiger partial charge >= 0.3 is 0 Å². The number of aryl methyl sites for hydroxylation is 2. The average Bonchev–Trinajstić information content (AvgIpc) is 2.20. The molecule has 1 aromatic heterocycles. The van der Waals surface area contributed by atoms with E-state index in [1.807, 2.05) is 32.9 Å². The summed E-state index contributed by atoms with van der Waals surface area (Å²) in [5.41, 5.74) is 4.18. The van der Waals surface area contributed by atoms with E-state index < -0.39 is 0 Å². The van der Waals surface area contributed by atoms with Crippen molar-refractivity contribution in [3.8, 4) is 0 Å². The van der Waals surface area contributed by atoms with Gasteiger partial charge in [-0.2, -0.15) is 0 Å². The quantitative estimate of drug-likeness (QED) is 0.690. The van der Waals surface area contributed by atoms with Crippen molar-refractivity contribution >= 4 is 38.4 Å². The molecular formula is C12H11BrClN. The summed E-state index contributed by atoms with van der Waals surface area (Å²) in [5, 5.41) is 1.81. The van der Waals surface area contributed by atoms with Crippen LogP contribution in [0.2, 0.25) is 5.02 Å². The number of nitrogens with zero attached hydrogens (tertiary/aromatic N) is 1. The van der Waals surface area contributed by atoms with Crippen LogP contribution >= 0.6 is 27.5 Å². The van der Waals surface area contributed by atoms with Crippen molar-refractivity contribution in [1.29, 1.82) is 0 Å². The molecule has 0 unspecified atom stereocenters. The van der Waals surface area contributed by atoms with Gasteiger partial charge in [0.05, 0.1) is 10.5 Å². The van der Waals surface area contributed by atoms with Gasteiger partial charge in [0.25, 0.3) is 0 Å². The number of benzene rings is 1. The Labute approximate surface area is 103 Å². The summed E-state index contributed by atoms with van der Waals surface area (Å²) in [6.07, 6.45) is 0. The van der Waals surface area contributed by atoms with E-state index in [4.69, 9.17) is 11.6 Å². The highest BCUT2D eigenvalue weighted by Crippen LogP contribution is 2.34. The molecule has 0 aliphatic carbocycles. The Bertz CT molecular complexity index is 549. The van der Waals surface area contributed by atoms with Crippen LogP contribution in [0, 0.1) is 20.8 Å². The highest BCUT2D eigenvalue weighted by Gasteiger charge is 2.11. The fourth-order valence-corrected chi connectivity index (χ4v) is 2.58. The van der Waals surface area contributed by atoms with Crippen molar-refractivity contribution in [2.45, 2.75) is 20.8 Å². The fourth-order valence-electron chi connectivity index (χ4n) is 1.62. The molecule has 2 aromatic rings. The van der Waals surface area contributed by atoms with Crippen LogP contribution in [0.4, 0.5) is 0 Å².